The summed E-state index contributed by atoms with van der Waals surface area (Å²) < 4.78 is 5.37. The average molecular weight is 355 g/mol. The Labute approximate surface area is 154 Å². The van der Waals surface area contributed by atoms with Crippen LogP contribution in [0.3, 0.4) is 0 Å². The Balaban J connectivity index is 1.58. The Morgan fingerprint density at radius 3 is 2.73 bits per heavy atom. The Hall–Kier alpha value is -2.67. The molecule has 26 heavy (non-hydrogen) atoms. The number of carbonyl (C=O) groups excluding carboxylic acids is 1. The largest absolute Gasteiger partial charge is 0.496 e. The van der Waals surface area contributed by atoms with E-state index in [1.165, 1.54) is 6.33 Å². The maximum absolute atomic E-state index is 12.6. The van der Waals surface area contributed by atoms with E-state index in [0.717, 1.165) is 43.9 Å². The van der Waals surface area contributed by atoms with Gasteiger partial charge in [0.25, 0.3) is 5.91 Å². The van der Waals surface area contributed by atoms with Crippen molar-refractivity contribution in [1.82, 2.24) is 19.8 Å². The van der Waals surface area contributed by atoms with Crippen molar-refractivity contribution in [2.24, 2.45) is 0 Å². The zero-order chi connectivity index (χ0) is 18.4. The summed E-state index contributed by atoms with van der Waals surface area (Å²) in [6.45, 7) is 3.94. The van der Waals surface area contributed by atoms with Gasteiger partial charge in [0.2, 0.25) is 0 Å². The van der Waals surface area contributed by atoms with Crippen molar-refractivity contribution < 1.29 is 9.53 Å². The lowest BCUT2D eigenvalue weighted by atomic mass is 10.1. The van der Waals surface area contributed by atoms with Gasteiger partial charge in [-0.25, -0.2) is 9.97 Å². The molecule has 2 aromatic rings. The van der Waals surface area contributed by atoms with Crippen molar-refractivity contribution >= 4 is 11.7 Å². The Kier molecular flexibility index (Phi) is 6.01. The molecule has 0 atom stereocenters. The number of hydrogen-bond acceptors (Lipinski definition) is 6. The van der Waals surface area contributed by atoms with Gasteiger partial charge in [0, 0.05) is 38.8 Å². The van der Waals surface area contributed by atoms with E-state index in [9.17, 15) is 4.79 Å². The van der Waals surface area contributed by atoms with Crippen LogP contribution < -0.4 is 10.1 Å². The number of benzene rings is 1. The van der Waals surface area contributed by atoms with Gasteiger partial charge in [-0.3, -0.25) is 4.79 Å². The zero-order valence-electron chi connectivity index (χ0n) is 15.3. The van der Waals surface area contributed by atoms with E-state index in [-0.39, 0.29) is 5.91 Å². The van der Waals surface area contributed by atoms with Crippen LogP contribution >= 0.6 is 0 Å². The van der Waals surface area contributed by atoms with Gasteiger partial charge in [-0.15, -0.1) is 0 Å². The first kappa shape index (κ1) is 18.1. The number of para-hydroxylation sites is 1. The summed E-state index contributed by atoms with van der Waals surface area (Å²) >= 11 is 0. The minimum Gasteiger partial charge on any atom is -0.496 e. The van der Waals surface area contributed by atoms with E-state index in [4.69, 9.17) is 4.74 Å². The summed E-state index contributed by atoms with van der Waals surface area (Å²) in [6.07, 6.45) is 2.24. The molecule has 3 rings (SSSR count). The van der Waals surface area contributed by atoms with Gasteiger partial charge in [0.05, 0.1) is 7.11 Å². The number of piperazine rings is 1. The highest BCUT2D eigenvalue weighted by molar-refractivity contribution is 5.93. The van der Waals surface area contributed by atoms with Crippen LogP contribution in [-0.4, -0.2) is 72.6 Å². The molecule has 0 aliphatic carbocycles. The molecule has 1 aliphatic rings. The lowest BCUT2D eigenvalue weighted by Crippen LogP contribution is -2.47. The molecule has 1 N–H and O–H groups in total. The van der Waals surface area contributed by atoms with E-state index >= 15 is 0 Å². The van der Waals surface area contributed by atoms with E-state index in [1.807, 2.05) is 29.2 Å². The predicted octanol–water partition coefficient (Wildman–Crippen LogP) is 1.53. The molecule has 0 spiro atoms. The van der Waals surface area contributed by atoms with Crippen LogP contribution in [0.25, 0.3) is 0 Å². The fraction of sp³-hybridized carbons (Fsp3) is 0.421. The summed E-state index contributed by atoms with van der Waals surface area (Å²) in [7, 11) is 3.74. The molecule has 0 radical (unpaired) electrons. The molecule has 1 aromatic heterocycles. The van der Waals surface area contributed by atoms with Gasteiger partial charge in [0.1, 0.15) is 23.6 Å². The number of amides is 1. The van der Waals surface area contributed by atoms with Gasteiger partial charge in [0.15, 0.2) is 0 Å². The second-order valence-corrected chi connectivity index (χ2v) is 6.37. The van der Waals surface area contributed by atoms with E-state index in [0.29, 0.717) is 18.1 Å². The first-order valence-corrected chi connectivity index (χ1v) is 8.83. The quantitative estimate of drug-likeness (QED) is 0.847. The third-order valence-electron chi connectivity index (χ3n) is 4.57. The minimum atomic E-state index is -0.0340. The number of nitrogens with one attached hydrogen (secondary N) is 1. The molecule has 7 nitrogen and oxygen atoms in total. The third kappa shape index (κ3) is 4.49. The Morgan fingerprint density at radius 2 is 1.96 bits per heavy atom. The topological polar surface area (TPSA) is 70.6 Å². The van der Waals surface area contributed by atoms with Gasteiger partial charge < -0.3 is 19.9 Å². The van der Waals surface area contributed by atoms with Crippen molar-refractivity contribution in [1.29, 1.82) is 0 Å². The maximum Gasteiger partial charge on any atom is 0.272 e. The fourth-order valence-corrected chi connectivity index (χ4v) is 2.98. The molecule has 1 amide bonds. The van der Waals surface area contributed by atoms with Crippen LogP contribution in [-0.2, 0) is 6.42 Å². The molecule has 138 valence electrons. The predicted molar refractivity (Wildman–Crippen MR) is 101 cm³/mol. The molecular weight excluding hydrogens is 330 g/mol. The second kappa shape index (κ2) is 8.62. The highest BCUT2D eigenvalue weighted by Gasteiger charge is 2.21. The first-order chi connectivity index (χ1) is 12.7. The summed E-state index contributed by atoms with van der Waals surface area (Å²) in [4.78, 5) is 25.0. The van der Waals surface area contributed by atoms with Crippen molar-refractivity contribution in [2.75, 3.05) is 52.2 Å². The summed E-state index contributed by atoms with van der Waals surface area (Å²) in [6, 6.07) is 9.67. The lowest BCUT2D eigenvalue weighted by molar-refractivity contribution is 0.0658. The third-order valence-corrected chi connectivity index (χ3v) is 4.57. The van der Waals surface area contributed by atoms with E-state index in [2.05, 4.69) is 27.2 Å². The van der Waals surface area contributed by atoms with Gasteiger partial charge >= 0.3 is 0 Å². The molecule has 0 unspecified atom stereocenters. The summed E-state index contributed by atoms with van der Waals surface area (Å²) in [5.41, 5.74) is 1.56. The first-order valence-electron chi connectivity index (χ1n) is 8.83. The molecule has 1 saturated heterocycles. The molecule has 7 heteroatoms. The van der Waals surface area contributed by atoms with Gasteiger partial charge in [-0.1, -0.05) is 18.2 Å². The average Bonchev–Trinajstić information content (AvgIpc) is 2.68. The number of nitrogens with zero attached hydrogens (tertiary/aromatic N) is 4. The zero-order valence-corrected chi connectivity index (χ0v) is 15.3. The summed E-state index contributed by atoms with van der Waals surface area (Å²) in [5.74, 6) is 1.50. The smallest absolute Gasteiger partial charge is 0.272 e. The number of likely N-dealkylation sites (N-methyl/N-ethyl adjacent to an activating group) is 1. The Bertz CT molecular complexity index is 744. The molecule has 1 fully saturated rings. The van der Waals surface area contributed by atoms with Crippen molar-refractivity contribution in [3.05, 3.63) is 47.9 Å². The number of ether oxygens (including phenoxy) is 1. The van der Waals surface area contributed by atoms with Gasteiger partial charge in [-0.2, -0.15) is 0 Å². The number of hydrogen-bond donors (Lipinski definition) is 1. The van der Waals surface area contributed by atoms with Crippen LogP contribution in [0.1, 0.15) is 16.1 Å². The van der Waals surface area contributed by atoms with Crippen LogP contribution in [0.5, 0.6) is 5.75 Å². The van der Waals surface area contributed by atoms with Crippen molar-refractivity contribution in [2.45, 2.75) is 6.42 Å². The van der Waals surface area contributed by atoms with Crippen LogP contribution in [0, 0.1) is 0 Å². The lowest BCUT2D eigenvalue weighted by Gasteiger charge is -2.32. The van der Waals surface area contributed by atoms with E-state index < -0.39 is 0 Å². The number of aromatic nitrogens is 2. The molecular formula is C19H25N5O2. The number of carbonyl (C=O) groups is 1. The van der Waals surface area contributed by atoms with Crippen LogP contribution in [0.2, 0.25) is 0 Å². The number of rotatable bonds is 6. The minimum absolute atomic E-state index is 0.0340. The van der Waals surface area contributed by atoms with Gasteiger partial charge in [-0.05, 0) is 25.1 Å². The molecule has 0 bridgehead atoms. The molecule has 1 aromatic carbocycles. The fourth-order valence-electron chi connectivity index (χ4n) is 2.98. The summed E-state index contributed by atoms with van der Waals surface area (Å²) in [5, 5.41) is 3.26. The SMILES string of the molecule is COc1ccccc1CCNc1cc(C(=O)N2CCN(C)CC2)ncn1. The number of anilines is 1. The monoisotopic (exact) mass is 355 g/mol. The Morgan fingerprint density at radius 1 is 1.19 bits per heavy atom. The van der Waals surface area contributed by atoms with Crippen molar-refractivity contribution in [3.63, 3.8) is 0 Å². The highest BCUT2D eigenvalue weighted by Crippen LogP contribution is 2.18. The second-order valence-electron chi connectivity index (χ2n) is 6.37. The highest BCUT2D eigenvalue weighted by atomic mass is 16.5. The molecule has 0 saturated carbocycles. The molecule has 2 heterocycles. The standard InChI is InChI=1S/C19H25N5O2/c1-23-9-11-24(12-10-23)19(25)16-13-18(22-14-21-16)20-8-7-15-5-3-4-6-17(15)26-2/h3-6,13-14H,7-12H2,1-2H3,(H,20,21,22). The van der Waals surface area contributed by atoms with Crippen molar-refractivity contribution in [3.8, 4) is 5.75 Å². The molecule has 1 aliphatic heterocycles. The van der Waals surface area contributed by atoms with Crippen LogP contribution in [0.15, 0.2) is 36.7 Å². The normalized spacial score (nSPS) is 14.9. The number of methoxy groups -OCH3 is 1. The van der Waals surface area contributed by atoms with E-state index in [1.54, 1.807) is 13.2 Å². The van der Waals surface area contributed by atoms with Crippen LogP contribution in [0.4, 0.5) is 5.82 Å². The maximum atomic E-state index is 12.6.